The van der Waals surface area contributed by atoms with Crippen LogP contribution in [0.5, 0.6) is 0 Å². The van der Waals surface area contributed by atoms with Gasteiger partial charge in [-0.3, -0.25) is 0 Å². The minimum Gasteiger partial charge on any atom is -1.00 e. The average Bonchev–Trinajstić information content (AvgIpc) is 3.99. The molecule has 1 saturated heterocycles. The first-order chi connectivity index (χ1) is 36.0. The van der Waals surface area contributed by atoms with Crippen LogP contribution in [0.15, 0.2) is 121 Å². The summed E-state index contributed by atoms with van der Waals surface area (Å²) in [5, 5.41) is 9.64. The summed E-state index contributed by atoms with van der Waals surface area (Å²) in [6.07, 6.45) is 2.56. The van der Waals surface area contributed by atoms with Gasteiger partial charge in [0.2, 0.25) is 49.5 Å². The van der Waals surface area contributed by atoms with Crippen molar-refractivity contribution in [2.24, 2.45) is 11.5 Å². The van der Waals surface area contributed by atoms with Crippen LogP contribution in [0.2, 0.25) is 31.7 Å². The van der Waals surface area contributed by atoms with Crippen LogP contribution in [0.25, 0.3) is 34.2 Å². The normalized spacial score (nSPS) is 9.96. The van der Waals surface area contributed by atoms with Crippen molar-refractivity contribution in [3.8, 4) is 34.2 Å². The van der Waals surface area contributed by atoms with Gasteiger partial charge in [-0.2, -0.15) is 96.2 Å². The van der Waals surface area contributed by atoms with E-state index in [2.05, 4.69) is 87.6 Å². The molecule has 0 bridgehead atoms. The van der Waals surface area contributed by atoms with E-state index in [1.165, 1.54) is 19.9 Å². The molecule has 28 heteroatoms. The Morgan fingerprint density at radius 3 is 1.00 bits per heavy atom. The molecule has 0 spiro atoms. The SMILES string of the molecule is C.C.C1CCOC1.CC(C)N.CC(C)Nc1nc(Cl)nc(-c2ccccc2)n1.CN.CNc1nc(NC(C)C)nc(-c2ccccc2)n1.Clc1nc(Cl)nc(-c2ccccc2)n1.Clc1nc(Cl)nc(Cl)n1.[B].[B].[Br-].[HH].[HH].[HH].[Mg+2].[c-]1ccccc1. The van der Waals surface area contributed by atoms with Gasteiger partial charge in [0.1, 0.15) is 0 Å². The van der Waals surface area contributed by atoms with Gasteiger partial charge in [-0.1, -0.05) is 120 Å². The zero-order valence-corrected chi connectivity index (χ0v) is 52.6. The quantitative estimate of drug-likeness (QED) is 0.0701. The average molecular weight is 1310 g/mol. The summed E-state index contributed by atoms with van der Waals surface area (Å²) in [6.45, 7) is 14.0. The number of anilines is 3. The molecule has 0 amide bonds. The van der Waals surface area contributed by atoms with Gasteiger partial charge in [0.05, 0.1) is 0 Å². The minimum absolute atomic E-state index is 0. The number of nitrogens with zero attached hydrogens (tertiary/aromatic N) is 12. The van der Waals surface area contributed by atoms with Crippen molar-refractivity contribution in [2.75, 3.05) is 43.3 Å². The number of hydrogen-bond donors (Lipinski definition) is 5. The minimum atomic E-state index is 0. The van der Waals surface area contributed by atoms with Gasteiger partial charge < -0.3 is 49.1 Å². The third-order valence-electron chi connectivity index (χ3n) is 7.97. The predicted octanol–water partition coefficient (Wildman–Crippen LogP) is 10.2. The van der Waals surface area contributed by atoms with E-state index in [1.54, 1.807) is 7.05 Å². The number of rotatable bonds is 8. The molecule has 0 unspecified atom stereocenters. The number of nitrogens with one attached hydrogen (secondary N) is 3. The van der Waals surface area contributed by atoms with Gasteiger partial charge >= 0.3 is 23.1 Å². The molecule has 1 aliphatic heterocycles. The fraction of sp³-hybridized carbons (Fsp3) is 0.321. The summed E-state index contributed by atoms with van der Waals surface area (Å²) in [7, 11) is 3.29. The Morgan fingerprint density at radius 2 is 0.728 bits per heavy atom. The molecule has 0 atom stereocenters. The zero-order chi connectivity index (χ0) is 55.4. The van der Waals surface area contributed by atoms with Crippen LogP contribution in [-0.4, -0.2) is 145 Å². The molecule has 18 nitrogen and oxygen atoms in total. The second-order valence-corrected chi connectivity index (χ2v) is 17.5. The van der Waals surface area contributed by atoms with E-state index < -0.39 is 0 Å². The maximum absolute atomic E-state index is 5.88. The van der Waals surface area contributed by atoms with E-state index in [4.69, 9.17) is 80.1 Å². The number of halogens is 7. The largest absolute Gasteiger partial charge is 2.00 e. The zero-order valence-electron chi connectivity index (χ0n) is 45.0. The summed E-state index contributed by atoms with van der Waals surface area (Å²) in [6, 6.07) is 42.3. The van der Waals surface area contributed by atoms with E-state index >= 15 is 0 Å². The standard InChI is InChI=1S/C13H17N5.C12H13ClN4.C9H5Cl2N3.C6H5.C4H8O.C3Cl3N3.C3H9N.CH5N.2CH4.2B.BrH.Mg.3H2/c1-9(2)15-13-17-11(16-12(14-3)18-13)10-7-5-4-6-8-10;1-8(2)14-12-16-10(15-11(13)17-12)9-6-4-3-5-7-9;10-8-12-7(13-9(11)14-8)6-4-2-1-3-5-6;1-2-4-6-5-3-1;1-2-4-5-3-1;4-1-7-2(5)9-3(6)8-1;1-3(2)4;1-2;;;;;;;;;/h4-9H,1-3H3,(H2,14,15,16,17,18);3-8H,1-2H3,(H,14,15,16,17);1-5H;1-5H;1-4H2;;3H,4H2,1-2H3;2H2,1H3;2*1H4;;;1H;;3*1H/q;;;-1;;;;;;;;;;+2;;;/p-1. The monoisotopic (exact) mass is 1300 g/mol. The topological polar surface area (TPSA) is 252 Å². The molecule has 4 aromatic heterocycles. The maximum atomic E-state index is 5.88. The Bertz CT molecular complexity index is 2680. The molecule has 1 aliphatic rings. The van der Waals surface area contributed by atoms with Crippen LogP contribution in [0.4, 0.5) is 17.8 Å². The predicted molar refractivity (Wildman–Crippen MR) is 345 cm³/mol. The molecule has 7 N–H and O–H groups in total. The fourth-order valence-corrected chi connectivity index (χ4v) is 6.25. The Kier molecular flexibility index (Phi) is 53.6. The number of ether oxygens (including phenoxy) is 1. The van der Waals surface area contributed by atoms with Gasteiger partial charge in [0, 0.05) is 70.1 Å². The van der Waals surface area contributed by atoms with Crippen molar-refractivity contribution in [3.05, 3.63) is 159 Å². The van der Waals surface area contributed by atoms with Crippen molar-refractivity contribution in [1.82, 2.24) is 59.8 Å². The van der Waals surface area contributed by atoms with Gasteiger partial charge in [-0.15, -0.1) is 0 Å². The van der Waals surface area contributed by atoms with Crippen molar-refractivity contribution in [2.45, 2.75) is 87.4 Å². The van der Waals surface area contributed by atoms with Gasteiger partial charge in [0.25, 0.3) is 0 Å². The summed E-state index contributed by atoms with van der Waals surface area (Å²) in [5.74, 6) is 3.37. The molecule has 5 heterocycles. The molecule has 6 radical (unpaired) electrons. The van der Waals surface area contributed by atoms with Crippen LogP contribution in [-0.2, 0) is 4.74 Å². The smallest absolute Gasteiger partial charge is 1.00 e. The Balaban J connectivity index is -0.000000137. The molecule has 1 fully saturated rings. The maximum Gasteiger partial charge on any atom is 2.00 e. The summed E-state index contributed by atoms with van der Waals surface area (Å²) in [5.41, 5.74) is 12.4. The van der Waals surface area contributed by atoms with Crippen LogP contribution in [0.3, 0.4) is 0 Å². The summed E-state index contributed by atoms with van der Waals surface area (Å²) >= 11 is 33.1. The number of aromatic nitrogens is 12. The van der Waals surface area contributed by atoms with E-state index in [-0.39, 0.29) is 120 Å². The summed E-state index contributed by atoms with van der Waals surface area (Å²) < 4.78 is 4.94. The second kappa shape index (κ2) is 51.0. The van der Waals surface area contributed by atoms with E-state index in [9.17, 15) is 0 Å². The third-order valence-corrected chi connectivity index (χ3v) is 8.98. The van der Waals surface area contributed by atoms with Crippen molar-refractivity contribution >= 4 is 127 Å². The number of hydrogen-bond acceptors (Lipinski definition) is 18. The number of benzene rings is 4. The van der Waals surface area contributed by atoms with Gasteiger partial charge in [0.15, 0.2) is 17.5 Å². The van der Waals surface area contributed by atoms with Gasteiger partial charge in [-0.05, 0) is 123 Å². The molecule has 8 aromatic rings. The molecule has 9 rings (SSSR count). The van der Waals surface area contributed by atoms with Crippen LogP contribution in [0.1, 0.15) is 73.5 Å². The Labute approximate surface area is 544 Å². The molecule has 81 heavy (non-hydrogen) atoms. The fourth-order valence-electron chi connectivity index (χ4n) is 5.11. The first-order valence-electron chi connectivity index (χ1n) is 23.2. The number of nitrogens with two attached hydrogens (primary N) is 2. The van der Waals surface area contributed by atoms with Crippen LogP contribution >= 0.6 is 69.6 Å². The van der Waals surface area contributed by atoms with Crippen LogP contribution in [0, 0.1) is 6.07 Å². The third kappa shape index (κ3) is 40.2. The van der Waals surface area contributed by atoms with Gasteiger partial charge in [-0.25, -0.2) is 0 Å². The molecule has 4 aromatic carbocycles. The van der Waals surface area contributed by atoms with Crippen molar-refractivity contribution in [3.63, 3.8) is 0 Å². The van der Waals surface area contributed by atoms with E-state index in [0.29, 0.717) is 41.4 Å². The molecule has 436 valence electrons. The first kappa shape index (κ1) is 85.1. The Hall–Kier alpha value is -4.68. The molecule has 0 aliphatic carbocycles. The molecular weight excluding hydrogens is 1230 g/mol. The first-order valence-corrected chi connectivity index (χ1v) is 25.4. The molecule has 0 saturated carbocycles. The molecular formula is C53H76B2BrCl6MgN17O. The van der Waals surface area contributed by atoms with E-state index in [1.807, 2.05) is 163 Å². The second-order valence-electron chi connectivity index (χ2n) is 15.5. The van der Waals surface area contributed by atoms with Crippen LogP contribution < -0.4 is 44.4 Å². The Morgan fingerprint density at radius 1 is 0.457 bits per heavy atom. The van der Waals surface area contributed by atoms with Crippen molar-refractivity contribution in [1.29, 1.82) is 0 Å². The summed E-state index contributed by atoms with van der Waals surface area (Å²) in [4.78, 5) is 47.5. The van der Waals surface area contributed by atoms with E-state index in [0.717, 1.165) is 29.9 Å². The van der Waals surface area contributed by atoms with Crippen molar-refractivity contribution < 1.29 is 26.0 Å².